The summed E-state index contributed by atoms with van der Waals surface area (Å²) in [5.74, 6) is -0.635. The molecule has 1 heterocycles. The van der Waals surface area contributed by atoms with Gasteiger partial charge in [-0.15, -0.1) is 0 Å². The molecule has 0 N–H and O–H groups in total. The Bertz CT molecular complexity index is 964. The smallest absolute Gasteiger partial charge is 0.348 e. The van der Waals surface area contributed by atoms with Gasteiger partial charge in [-0.05, 0) is 23.3 Å². The highest BCUT2D eigenvalue weighted by Crippen LogP contribution is 2.37. The number of benzene rings is 3. The van der Waals surface area contributed by atoms with Gasteiger partial charge in [0.15, 0.2) is 0 Å². The van der Waals surface area contributed by atoms with Crippen molar-refractivity contribution in [3.8, 4) is 5.75 Å². The molecule has 1 aliphatic heterocycles. The summed E-state index contributed by atoms with van der Waals surface area (Å²) in [5.41, 5.74) is 2.43. The van der Waals surface area contributed by atoms with Crippen molar-refractivity contribution in [3.05, 3.63) is 96.1 Å². The Morgan fingerprint density at radius 1 is 0.897 bits per heavy atom. The number of carbonyl (C=O) groups excluding carboxylic acids is 2. The summed E-state index contributed by atoms with van der Waals surface area (Å²) in [7, 11) is 1.31. The number of amides is 1. The molecule has 0 radical (unpaired) electrons. The molecule has 0 unspecified atom stereocenters. The number of hydrogen-bond acceptors (Lipinski definition) is 4. The average molecular weight is 387 g/mol. The SMILES string of the molecule is COC(=O)[C@@H]1CN(C(=O)C(c2ccccc2)c2ccccc2)c2ccccc2O1. The van der Waals surface area contributed by atoms with Crippen molar-refractivity contribution in [2.45, 2.75) is 12.0 Å². The summed E-state index contributed by atoms with van der Waals surface area (Å²) in [4.78, 5) is 27.6. The zero-order chi connectivity index (χ0) is 20.2. The van der Waals surface area contributed by atoms with E-state index in [1.165, 1.54) is 7.11 Å². The minimum Gasteiger partial charge on any atom is -0.475 e. The van der Waals surface area contributed by atoms with Crippen LogP contribution in [0, 0.1) is 0 Å². The van der Waals surface area contributed by atoms with Crippen LogP contribution in [0.5, 0.6) is 5.75 Å². The molecule has 5 nitrogen and oxygen atoms in total. The van der Waals surface area contributed by atoms with Crippen molar-refractivity contribution in [1.29, 1.82) is 0 Å². The minimum atomic E-state index is -0.869. The Labute approximate surface area is 169 Å². The predicted octanol–water partition coefficient (Wildman–Crippen LogP) is 3.79. The molecule has 1 aliphatic rings. The molecule has 0 saturated heterocycles. The van der Waals surface area contributed by atoms with Crippen LogP contribution in [0.4, 0.5) is 5.69 Å². The van der Waals surface area contributed by atoms with Crippen molar-refractivity contribution in [2.24, 2.45) is 0 Å². The van der Waals surface area contributed by atoms with E-state index in [9.17, 15) is 9.59 Å². The van der Waals surface area contributed by atoms with E-state index in [1.54, 1.807) is 11.0 Å². The number of nitrogens with zero attached hydrogens (tertiary/aromatic N) is 1. The molecule has 0 saturated carbocycles. The molecule has 0 aliphatic carbocycles. The molecular weight excluding hydrogens is 366 g/mol. The van der Waals surface area contributed by atoms with Crippen molar-refractivity contribution in [3.63, 3.8) is 0 Å². The third-order valence-electron chi connectivity index (χ3n) is 5.02. The first-order valence-electron chi connectivity index (χ1n) is 9.44. The lowest BCUT2D eigenvalue weighted by atomic mass is 9.89. The topological polar surface area (TPSA) is 55.8 Å². The highest BCUT2D eigenvalue weighted by molar-refractivity contribution is 6.02. The van der Waals surface area contributed by atoms with E-state index in [-0.39, 0.29) is 12.5 Å². The summed E-state index contributed by atoms with van der Waals surface area (Å²) >= 11 is 0. The molecule has 0 aromatic heterocycles. The molecule has 0 bridgehead atoms. The Balaban J connectivity index is 1.78. The Morgan fingerprint density at radius 3 is 2.03 bits per heavy atom. The van der Waals surface area contributed by atoms with Gasteiger partial charge in [0.25, 0.3) is 0 Å². The van der Waals surface area contributed by atoms with Crippen LogP contribution in [0.1, 0.15) is 17.0 Å². The molecule has 3 aromatic rings. The molecule has 1 atom stereocenters. The average Bonchev–Trinajstić information content (AvgIpc) is 2.79. The van der Waals surface area contributed by atoms with Gasteiger partial charge in [-0.25, -0.2) is 4.79 Å². The lowest BCUT2D eigenvalue weighted by molar-refractivity contribution is -0.148. The number of para-hydroxylation sites is 2. The maximum Gasteiger partial charge on any atom is 0.348 e. The number of carbonyl (C=O) groups is 2. The summed E-state index contributed by atoms with van der Waals surface area (Å²) < 4.78 is 10.6. The van der Waals surface area contributed by atoms with Gasteiger partial charge in [-0.1, -0.05) is 72.8 Å². The standard InChI is InChI=1S/C24H21NO4/c1-28-24(27)21-16-25(19-14-8-9-15-20(19)29-21)23(26)22(17-10-4-2-5-11-17)18-12-6-3-7-13-18/h2-15,21-22H,16H2,1H3/t21-/m0/s1. The number of fused-ring (bicyclic) bond motifs is 1. The number of anilines is 1. The summed E-state index contributed by atoms with van der Waals surface area (Å²) in [6, 6.07) is 26.5. The number of hydrogen-bond donors (Lipinski definition) is 0. The number of esters is 1. The first-order valence-corrected chi connectivity index (χ1v) is 9.44. The van der Waals surface area contributed by atoms with Crippen LogP contribution in [-0.2, 0) is 14.3 Å². The molecular formula is C24H21NO4. The highest BCUT2D eigenvalue weighted by Gasteiger charge is 2.37. The number of methoxy groups -OCH3 is 1. The van der Waals surface area contributed by atoms with Gasteiger partial charge in [0, 0.05) is 0 Å². The van der Waals surface area contributed by atoms with Crippen LogP contribution in [0.3, 0.4) is 0 Å². The Kier molecular flexibility index (Phi) is 5.29. The van der Waals surface area contributed by atoms with Gasteiger partial charge in [-0.2, -0.15) is 0 Å². The summed E-state index contributed by atoms with van der Waals surface area (Å²) in [5, 5.41) is 0. The van der Waals surface area contributed by atoms with Gasteiger partial charge in [0.05, 0.1) is 25.3 Å². The maximum absolute atomic E-state index is 13.8. The fourth-order valence-electron chi connectivity index (χ4n) is 3.62. The molecule has 0 spiro atoms. The largest absolute Gasteiger partial charge is 0.475 e. The zero-order valence-electron chi connectivity index (χ0n) is 16.0. The number of rotatable bonds is 4. The third kappa shape index (κ3) is 3.72. The first kappa shape index (κ1) is 18.7. The van der Waals surface area contributed by atoms with E-state index >= 15 is 0 Å². The minimum absolute atomic E-state index is 0.0959. The second-order valence-corrected chi connectivity index (χ2v) is 6.80. The normalized spacial score (nSPS) is 15.4. The predicted molar refractivity (Wildman–Crippen MR) is 110 cm³/mol. The van der Waals surface area contributed by atoms with Crippen molar-refractivity contribution < 1.29 is 19.1 Å². The zero-order valence-corrected chi connectivity index (χ0v) is 16.0. The van der Waals surface area contributed by atoms with Crippen LogP contribution in [0.2, 0.25) is 0 Å². The van der Waals surface area contributed by atoms with Crippen LogP contribution < -0.4 is 9.64 Å². The maximum atomic E-state index is 13.8. The molecule has 3 aromatic carbocycles. The quantitative estimate of drug-likeness (QED) is 0.639. The van der Waals surface area contributed by atoms with Gasteiger partial charge < -0.3 is 14.4 Å². The highest BCUT2D eigenvalue weighted by atomic mass is 16.6. The second kappa shape index (κ2) is 8.19. The van der Waals surface area contributed by atoms with Crippen LogP contribution in [0.15, 0.2) is 84.9 Å². The van der Waals surface area contributed by atoms with Gasteiger partial charge >= 0.3 is 5.97 Å². The fraction of sp³-hybridized carbons (Fsp3) is 0.167. The van der Waals surface area contributed by atoms with Crippen LogP contribution in [-0.4, -0.2) is 31.6 Å². The molecule has 146 valence electrons. The first-order chi connectivity index (χ1) is 14.2. The van der Waals surface area contributed by atoms with E-state index in [1.807, 2.05) is 78.9 Å². The lowest BCUT2D eigenvalue weighted by Gasteiger charge is -2.35. The van der Waals surface area contributed by atoms with Crippen LogP contribution in [0.25, 0.3) is 0 Å². The lowest BCUT2D eigenvalue weighted by Crippen LogP contribution is -2.49. The molecule has 5 heteroatoms. The Morgan fingerprint density at radius 2 is 1.45 bits per heavy atom. The van der Waals surface area contributed by atoms with E-state index in [0.29, 0.717) is 11.4 Å². The van der Waals surface area contributed by atoms with Gasteiger partial charge in [0.2, 0.25) is 12.0 Å². The molecule has 4 rings (SSSR count). The number of ether oxygens (including phenoxy) is 2. The second-order valence-electron chi connectivity index (χ2n) is 6.80. The van der Waals surface area contributed by atoms with E-state index in [4.69, 9.17) is 9.47 Å². The third-order valence-corrected chi connectivity index (χ3v) is 5.02. The fourth-order valence-corrected chi connectivity index (χ4v) is 3.62. The monoisotopic (exact) mass is 387 g/mol. The Hall–Kier alpha value is -3.60. The van der Waals surface area contributed by atoms with E-state index in [2.05, 4.69) is 0 Å². The van der Waals surface area contributed by atoms with Crippen molar-refractivity contribution in [2.75, 3.05) is 18.6 Å². The van der Waals surface area contributed by atoms with E-state index < -0.39 is 18.0 Å². The van der Waals surface area contributed by atoms with E-state index in [0.717, 1.165) is 11.1 Å². The summed E-state index contributed by atoms with van der Waals surface area (Å²) in [6.45, 7) is 0.0959. The molecule has 29 heavy (non-hydrogen) atoms. The van der Waals surface area contributed by atoms with Gasteiger partial charge in [-0.3, -0.25) is 4.79 Å². The molecule has 0 fully saturated rings. The van der Waals surface area contributed by atoms with Crippen LogP contribution >= 0.6 is 0 Å². The van der Waals surface area contributed by atoms with Crippen molar-refractivity contribution in [1.82, 2.24) is 0 Å². The summed E-state index contributed by atoms with van der Waals surface area (Å²) in [6.07, 6.45) is -0.869. The van der Waals surface area contributed by atoms with Crippen molar-refractivity contribution >= 4 is 17.6 Å². The van der Waals surface area contributed by atoms with Gasteiger partial charge in [0.1, 0.15) is 5.75 Å². The molecule has 1 amide bonds.